The molecule has 24 heavy (non-hydrogen) atoms. The zero-order chi connectivity index (χ0) is 18.4. The lowest BCUT2D eigenvalue weighted by molar-refractivity contribution is -0.736. The van der Waals surface area contributed by atoms with Crippen LogP contribution in [-0.2, 0) is 11.3 Å². The van der Waals surface area contributed by atoms with Crippen LogP contribution in [0.3, 0.4) is 0 Å². The molecule has 0 atom stereocenters. The van der Waals surface area contributed by atoms with Gasteiger partial charge in [-0.1, -0.05) is 0 Å². The van der Waals surface area contributed by atoms with Crippen molar-refractivity contribution < 1.29 is 24.7 Å². The van der Waals surface area contributed by atoms with Crippen LogP contribution in [0.5, 0.6) is 11.5 Å². The van der Waals surface area contributed by atoms with E-state index in [-0.39, 0.29) is 30.2 Å². The zero-order valence-electron chi connectivity index (χ0n) is 15.6. The fraction of sp³-hybridized carbons (Fsp3) is 0.611. The Morgan fingerprint density at radius 1 is 1.21 bits per heavy atom. The van der Waals surface area contributed by atoms with Crippen molar-refractivity contribution >= 4 is 5.91 Å². The van der Waals surface area contributed by atoms with E-state index in [2.05, 4.69) is 10.6 Å². The van der Waals surface area contributed by atoms with Crippen LogP contribution >= 0.6 is 0 Å². The Bertz CT molecular complexity index is 550. The van der Waals surface area contributed by atoms with E-state index in [0.29, 0.717) is 18.0 Å². The quantitative estimate of drug-likeness (QED) is 0.655. The second-order valence-electron chi connectivity index (χ2n) is 7.63. The molecular formula is C18H31N2O4+. The van der Waals surface area contributed by atoms with Gasteiger partial charge in [-0.2, -0.15) is 0 Å². The SMILES string of the molecule is COc1cc(C[NH2+]C(C)(C)CO)ccc1OCC(=O)NC(C)(C)C. The average Bonchev–Trinajstić information content (AvgIpc) is 2.49. The minimum Gasteiger partial charge on any atom is -0.493 e. The van der Waals surface area contributed by atoms with Crippen LogP contribution in [0.25, 0.3) is 0 Å². The third kappa shape index (κ3) is 7.19. The fourth-order valence-electron chi connectivity index (χ4n) is 2.01. The fourth-order valence-corrected chi connectivity index (χ4v) is 2.01. The molecule has 6 nitrogen and oxygen atoms in total. The predicted octanol–water partition coefficient (Wildman–Crippen LogP) is 0.823. The maximum absolute atomic E-state index is 11.8. The van der Waals surface area contributed by atoms with E-state index in [4.69, 9.17) is 9.47 Å². The van der Waals surface area contributed by atoms with E-state index in [9.17, 15) is 9.90 Å². The van der Waals surface area contributed by atoms with E-state index in [1.165, 1.54) is 0 Å². The van der Waals surface area contributed by atoms with Crippen LogP contribution in [0, 0.1) is 0 Å². The van der Waals surface area contributed by atoms with Crippen LogP contribution in [-0.4, -0.2) is 42.4 Å². The molecule has 136 valence electrons. The van der Waals surface area contributed by atoms with Crippen LogP contribution in [0.1, 0.15) is 40.2 Å². The molecule has 0 heterocycles. The smallest absolute Gasteiger partial charge is 0.258 e. The number of nitrogens with one attached hydrogen (secondary N) is 1. The van der Waals surface area contributed by atoms with Gasteiger partial charge < -0.3 is 25.2 Å². The van der Waals surface area contributed by atoms with Gasteiger partial charge in [0, 0.05) is 11.1 Å². The lowest BCUT2D eigenvalue weighted by Gasteiger charge is -2.21. The zero-order valence-corrected chi connectivity index (χ0v) is 15.6. The molecule has 0 aliphatic heterocycles. The summed E-state index contributed by atoms with van der Waals surface area (Å²) in [5, 5.41) is 14.2. The van der Waals surface area contributed by atoms with Crippen molar-refractivity contribution in [3.05, 3.63) is 23.8 Å². The van der Waals surface area contributed by atoms with Gasteiger partial charge in [-0.05, 0) is 52.8 Å². The number of amides is 1. The van der Waals surface area contributed by atoms with E-state index in [1.807, 2.05) is 46.8 Å². The molecule has 1 rings (SSSR count). The van der Waals surface area contributed by atoms with Gasteiger partial charge in [0.05, 0.1) is 13.7 Å². The van der Waals surface area contributed by atoms with Crippen LogP contribution in [0.4, 0.5) is 0 Å². The molecule has 0 saturated carbocycles. The Kier molecular flexibility index (Phi) is 7.05. The molecule has 0 bridgehead atoms. The topological polar surface area (TPSA) is 84.4 Å². The number of carbonyl (C=O) groups excluding carboxylic acids is 1. The first kappa shape index (κ1) is 20.3. The number of hydrogen-bond acceptors (Lipinski definition) is 4. The van der Waals surface area contributed by atoms with Crippen LogP contribution in [0.2, 0.25) is 0 Å². The second kappa shape index (κ2) is 8.35. The Morgan fingerprint density at radius 3 is 2.42 bits per heavy atom. The third-order valence-corrected chi connectivity index (χ3v) is 3.40. The summed E-state index contributed by atoms with van der Waals surface area (Å²) < 4.78 is 10.9. The number of hydrogen-bond donors (Lipinski definition) is 3. The number of aliphatic hydroxyl groups excluding tert-OH is 1. The number of nitrogens with two attached hydrogens (primary N) is 1. The first-order chi connectivity index (χ1) is 11.1. The number of aliphatic hydroxyl groups is 1. The summed E-state index contributed by atoms with van der Waals surface area (Å²) in [5.74, 6) is 0.949. The van der Waals surface area contributed by atoms with Crippen molar-refractivity contribution in [1.82, 2.24) is 5.32 Å². The number of carbonyl (C=O) groups is 1. The highest BCUT2D eigenvalue weighted by molar-refractivity contribution is 5.78. The molecule has 0 saturated heterocycles. The Balaban J connectivity index is 2.68. The molecule has 1 aromatic carbocycles. The predicted molar refractivity (Wildman–Crippen MR) is 93.2 cm³/mol. The number of ether oxygens (including phenoxy) is 2. The normalized spacial score (nSPS) is 12.0. The number of benzene rings is 1. The second-order valence-corrected chi connectivity index (χ2v) is 7.63. The molecule has 0 unspecified atom stereocenters. The van der Waals surface area contributed by atoms with Gasteiger partial charge in [0.25, 0.3) is 5.91 Å². The van der Waals surface area contributed by atoms with Crippen LogP contribution in [0.15, 0.2) is 18.2 Å². The van der Waals surface area contributed by atoms with Gasteiger partial charge in [-0.25, -0.2) is 0 Å². The largest absolute Gasteiger partial charge is 0.493 e. The number of methoxy groups -OCH3 is 1. The molecule has 6 heteroatoms. The number of quaternary nitrogens is 1. The molecule has 1 aromatic rings. The summed E-state index contributed by atoms with van der Waals surface area (Å²) in [7, 11) is 1.57. The molecule has 4 N–H and O–H groups in total. The molecule has 0 spiro atoms. The van der Waals surface area contributed by atoms with Gasteiger partial charge in [0.2, 0.25) is 0 Å². The summed E-state index contributed by atoms with van der Waals surface area (Å²) in [6.07, 6.45) is 0. The van der Waals surface area contributed by atoms with Crippen LogP contribution < -0.4 is 20.1 Å². The van der Waals surface area contributed by atoms with E-state index in [0.717, 1.165) is 5.56 Å². The van der Waals surface area contributed by atoms with Crippen molar-refractivity contribution in [3.8, 4) is 11.5 Å². The molecule has 0 aliphatic rings. The maximum Gasteiger partial charge on any atom is 0.258 e. The summed E-state index contributed by atoms with van der Waals surface area (Å²) in [4.78, 5) is 11.8. The maximum atomic E-state index is 11.8. The monoisotopic (exact) mass is 339 g/mol. The summed E-state index contributed by atoms with van der Waals surface area (Å²) >= 11 is 0. The molecule has 0 aromatic heterocycles. The van der Waals surface area contributed by atoms with Gasteiger partial charge in [0.15, 0.2) is 18.1 Å². The Hall–Kier alpha value is -1.79. The minimum absolute atomic E-state index is 0.0589. The molecular weight excluding hydrogens is 308 g/mol. The minimum atomic E-state index is -0.288. The van der Waals surface area contributed by atoms with E-state index >= 15 is 0 Å². The lowest BCUT2D eigenvalue weighted by Crippen LogP contribution is -2.95. The van der Waals surface area contributed by atoms with Gasteiger partial charge >= 0.3 is 0 Å². The van der Waals surface area contributed by atoms with E-state index in [1.54, 1.807) is 13.2 Å². The van der Waals surface area contributed by atoms with Crippen molar-refractivity contribution in [2.75, 3.05) is 20.3 Å². The lowest BCUT2D eigenvalue weighted by atomic mass is 10.1. The average molecular weight is 339 g/mol. The molecule has 0 aliphatic carbocycles. The first-order valence-electron chi connectivity index (χ1n) is 8.12. The first-order valence-corrected chi connectivity index (χ1v) is 8.12. The molecule has 1 amide bonds. The standard InChI is InChI=1S/C18H30N2O4/c1-17(2,3)20-16(22)11-24-14-8-7-13(9-15(14)23-6)10-19-18(4,5)12-21/h7-9,19,21H,10-12H2,1-6H3,(H,20,22)/p+1. The van der Waals surface area contributed by atoms with Crippen molar-refractivity contribution in [3.63, 3.8) is 0 Å². The summed E-state index contributed by atoms with van der Waals surface area (Å²) in [6, 6.07) is 5.63. The van der Waals surface area contributed by atoms with E-state index < -0.39 is 0 Å². The summed E-state index contributed by atoms with van der Waals surface area (Å²) in [5.41, 5.74) is 0.539. The van der Waals surface area contributed by atoms with Gasteiger partial charge in [-0.15, -0.1) is 0 Å². The highest BCUT2D eigenvalue weighted by Gasteiger charge is 2.20. The Morgan fingerprint density at radius 2 is 1.88 bits per heavy atom. The number of rotatable bonds is 8. The third-order valence-electron chi connectivity index (χ3n) is 3.40. The molecule has 0 radical (unpaired) electrons. The summed E-state index contributed by atoms with van der Waals surface area (Å²) in [6.45, 7) is 10.5. The molecule has 0 fully saturated rings. The van der Waals surface area contributed by atoms with Gasteiger partial charge in [0.1, 0.15) is 12.1 Å². The highest BCUT2D eigenvalue weighted by Crippen LogP contribution is 2.27. The van der Waals surface area contributed by atoms with Crippen molar-refractivity contribution in [2.24, 2.45) is 0 Å². The highest BCUT2D eigenvalue weighted by atomic mass is 16.5. The van der Waals surface area contributed by atoms with Crippen molar-refractivity contribution in [1.29, 1.82) is 0 Å². The van der Waals surface area contributed by atoms with Crippen molar-refractivity contribution in [2.45, 2.75) is 52.2 Å². The Labute approximate surface area is 144 Å². The van der Waals surface area contributed by atoms with Gasteiger partial charge in [-0.3, -0.25) is 4.79 Å².